The van der Waals surface area contributed by atoms with Crippen molar-refractivity contribution in [1.82, 2.24) is 5.32 Å². The topological polar surface area (TPSA) is 173 Å². The Kier molecular flexibility index (Phi) is 11.1. The lowest BCUT2D eigenvalue weighted by molar-refractivity contribution is -0.139. The minimum atomic E-state index is -4.32. The van der Waals surface area contributed by atoms with E-state index in [-0.39, 0.29) is 41.8 Å². The van der Waals surface area contributed by atoms with Gasteiger partial charge in [-0.3, -0.25) is 9.52 Å². The van der Waals surface area contributed by atoms with Crippen LogP contribution in [-0.4, -0.2) is 74.8 Å². The second kappa shape index (κ2) is 14.1. The van der Waals surface area contributed by atoms with Crippen LogP contribution in [0, 0.1) is 23.7 Å². The number of nitrogens with zero attached hydrogens (tertiary/aromatic N) is 1. The summed E-state index contributed by atoms with van der Waals surface area (Å²) in [6.45, 7) is 4.59. The van der Waals surface area contributed by atoms with Gasteiger partial charge in [0.05, 0.1) is 22.9 Å². The first-order valence-electron chi connectivity index (χ1n) is 13.6. The number of rotatable bonds is 12. The van der Waals surface area contributed by atoms with E-state index in [1.165, 1.54) is 44.2 Å². The SMILES string of the molecule is CC#CCC(CC#CC)(C(=O)O)S(=O)(=O)c1ccc(N2CCC(NC[C@@H](O)c3ccc(O)c(NS(C)(=O)=O)c3)CC2)cc1. The number of aromatic hydroxyl groups is 1. The summed E-state index contributed by atoms with van der Waals surface area (Å²) in [5.74, 6) is 8.68. The lowest BCUT2D eigenvalue weighted by Gasteiger charge is -2.34. The highest BCUT2D eigenvalue weighted by Crippen LogP contribution is 2.34. The first kappa shape index (κ1) is 33.7. The standard InChI is InChI=1S/C30H37N3O8S2/c1-4-6-16-30(29(36)37,17-7-5-2)43(40,41)25-11-9-24(10-12-25)33-18-14-23(15-19-33)31-21-28(35)22-8-13-27(34)26(20-22)32-42(3,38)39/h8-13,20,23,28,31-32,34-35H,14-19,21H2,1-3H3,(H,36,37)/t28-/m1/s1. The zero-order valence-electron chi connectivity index (χ0n) is 24.3. The van der Waals surface area contributed by atoms with Crippen LogP contribution in [0.25, 0.3) is 0 Å². The molecule has 0 radical (unpaired) electrons. The molecule has 43 heavy (non-hydrogen) atoms. The van der Waals surface area contributed by atoms with Crippen molar-refractivity contribution < 1.29 is 36.9 Å². The molecule has 0 aromatic heterocycles. The van der Waals surface area contributed by atoms with Crippen molar-refractivity contribution in [2.24, 2.45) is 0 Å². The molecule has 1 saturated heterocycles. The normalized spacial score (nSPS) is 15.0. The Morgan fingerprint density at radius 3 is 2.12 bits per heavy atom. The molecule has 0 spiro atoms. The Balaban J connectivity index is 1.63. The second-order valence-electron chi connectivity index (χ2n) is 10.3. The molecule has 5 N–H and O–H groups in total. The quantitative estimate of drug-likeness (QED) is 0.173. The number of sulfonamides is 1. The van der Waals surface area contributed by atoms with Crippen molar-refractivity contribution in [3.63, 3.8) is 0 Å². The zero-order valence-corrected chi connectivity index (χ0v) is 25.9. The predicted octanol–water partition coefficient (Wildman–Crippen LogP) is 2.48. The van der Waals surface area contributed by atoms with Gasteiger partial charge in [-0.25, -0.2) is 16.8 Å². The highest BCUT2D eigenvalue weighted by Gasteiger charge is 2.51. The van der Waals surface area contributed by atoms with Crippen LogP contribution in [0.5, 0.6) is 5.75 Å². The average molecular weight is 632 g/mol. The van der Waals surface area contributed by atoms with Crippen LogP contribution in [0.15, 0.2) is 47.4 Å². The number of carbonyl (C=O) groups is 1. The highest BCUT2D eigenvalue weighted by atomic mass is 32.2. The van der Waals surface area contributed by atoms with Crippen molar-refractivity contribution in [2.45, 2.75) is 61.3 Å². The minimum absolute atomic E-state index is 0.0101. The van der Waals surface area contributed by atoms with Gasteiger partial charge in [-0.1, -0.05) is 6.07 Å². The molecule has 11 nitrogen and oxygen atoms in total. The number of hydrogen-bond acceptors (Lipinski definition) is 9. The lowest BCUT2D eigenvalue weighted by atomic mass is 10.0. The summed E-state index contributed by atoms with van der Waals surface area (Å²) in [7, 11) is -7.92. The maximum atomic E-state index is 13.6. The van der Waals surface area contributed by atoms with Gasteiger partial charge in [0.1, 0.15) is 5.75 Å². The van der Waals surface area contributed by atoms with Crippen LogP contribution < -0.4 is 14.9 Å². The molecular formula is C30H37N3O8S2. The van der Waals surface area contributed by atoms with E-state index in [1.807, 2.05) is 0 Å². The Labute approximate surface area is 253 Å². The number of sulfone groups is 1. The Bertz CT molecular complexity index is 1620. The van der Waals surface area contributed by atoms with Gasteiger partial charge in [0.15, 0.2) is 14.6 Å². The molecule has 0 aliphatic carbocycles. The van der Waals surface area contributed by atoms with Crippen LogP contribution in [0.2, 0.25) is 0 Å². The number of hydrogen-bond donors (Lipinski definition) is 5. The number of aliphatic carboxylic acids is 1. The zero-order chi connectivity index (χ0) is 31.8. The summed E-state index contributed by atoms with van der Waals surface area (Å²) < 4.78 is 50.2. The fourth-order valence-electron chi connectivity index (χ4n) is 4.82. The van der Waals surface area contributed by atoms with E-state index < -0.39 is 36.7 Å². The van der Waals surface area contributed by atoms with E-state index >= 15 is 0 Å². The number of phenols is 1. The monoisotopic (exact) mass is 631 g/mol. The maximum absolute atomic E-state index is 13.6. The number of benzene rings is 2. The molecule has 1 aliphatic rings. The number of piperidine rings is 1. The van der Waals surface area contributed by atoms with Gasteiger partial charge in [0.2, 0.25) is 10.0 Å². The van der Waals surface area contributed by atoms with E-state index in [9.17, 15) is 36.9 Å². The summed E-state index contributed by atoms with van der Waals surface area (Å²) >= 11 is 0. The maximum Gasteiger partial charge on any atom is 0.327 e. The molecule has 0 unspecified atom stereocenters. The van der Waals surface area contributed by atoms with E-state index in [4.69, 9.17) is 0 Å². The molecule has 1 aliphatic heterocycles. The first-order valence-corrected chi connectivity index (χ1v) is 17.0. The molecule has 1 atom stereocenters. The largest absolute Gasteiger partial charge is 0.506 e. The second-order valence-corrected chi connectivity index (χ2v) is 14.3. The summed E-state index contributed by atoms with van der Waals surface area (Å²) in [6, 6.07) is 10.5. The predicted molar refractivity (Wildman–Crippen MR) is 165 cm³/mol. The molecule has 0 bridgehead atoms. The van der Waals surface area contributed by atoms with E-state index in [2.05, 4.69) is 38.6 Å². The van der Waals surface area contributed by atoms with Crippen LogP contribution in [-0.2, 0) is 24.7 Å². The van der Waals surface area contributed by atoms with Gasteiger partial charge in [-0.05, 0) is 68.7 Å². The van der Waals surface area contributed by atoms with Crippen molar-refractivity contribution in [2.75, 3.05) is 35.5 Å². The van der Waals surface area contributed by atoms with Crippen molar-refractivity contribution in [3.05, 3.63) is 48.0 Å². The van der Waals surface area contributed by atoms with Gasteiger partial charge >= 0.3 is 5.97 Å². The molecule has 1 heterocycles. The van der Waals surface area contributed by atoms with E-state index in [1.54, 1.807) is 12.1 Å². The number of carboxylic acids is 1. The first-order chi connectivity index (χ1) is 20.2. The van der Waals surface area contributed by atoms with E-state index in [0.29, 0.717) is 18.7 Å². The summed E-state index contributed by atoms with van der Waals surface area (Å²) in [5, 5.41) is 33.9. The van der Waals surface area contributed by atoms with Crippen LogP contribution in [0.3, 0.4) is 0 Å². The molecule has 2 aromatic carbocycles. The van der Waals surface area contributed by atoms with Gasteiger partial charge in [0.25, 0.3) is 0 Å². The molecule has 0 saturated carbocycles. The van der Waals surface area contributed by atoms with Gasteiger partial charge in [0, 0.05) is 44.2 Å². The number of aliphatic hydroxyl groups excluding tert-OH is 1. The summed E-state index contributed by atoms with van der Waals surface area (Å²) in [4.78, 5) is 14.3. The van der Waals surface area contributed by atoms with Crippen molar-refractivity contribution >= 4 is 37.2 Å². The molecule has 13 heteroatoms. The Morgan fingerprint density at radius 1 is 1.02 bits per heavy atom. The Hall–Kier alpha value is -3.75. The van der Waals surface area contributed by atoms with Gasteiger partial charge in [-0.15, -0.1) is 23.7 Å². The third kappa shape index (κ3) is 8.21. The summed E-state index contributed by atoms with van der Waals surface area (Å²) in [6.07, 6.45) is 0.778. The molecule has 232 valence electrons. The third-order valence-corrected chi connectivity index (χ3v) is 10.3. The molecule has 2 aromatic rings. The third-order valence-electron chi connectivity index (χ3n) is 7.31. The fraction of sp³-hybridized carbons (Fsp3) is 0.433. The molecule has 1 fully saturated rings. The number of anilines is 2. The fourth-order valence-corrected chi connectivity index (χ4v) is 7.09. The minimum Gasteiger partial charge on any atom is -0.506 e. The Morgan fingerprint density at radius 2 is 1.60 bits per heavy atom. The lowest BCUT2D eigenvalue weighted by Crippen LogP contribution is -2.46. The van der Waals surface area contributed by atoms with Crippen LogP contribution >= 0.6 is 0 Å². The number of carboxylic acid groups (broad SMARTS) is 1. The summed E-state index contributed by atoms with van der Waals surface area (Å²) in [5.41, 5.74) is 1.23. The van der Waals surface area contributed by atoms with Crippen LogP contribution in [0.1, 0.15) is 51.2 Å². The van der Waals surface area contributed by atoms with Crippen molar-refractivity contribution in [3.8, 4) is 29.4 Å². The smallest absolute Gasteiger partial charge is 0.327 e. The average Bonchev–Trinajstić information content (AvgIpc) is 2.96. The molecular weight excluding hydrogens is 594 g/mol. The molecule has 3 rings (SSSR count). The number of aliphatic hydroxyl groups is 1. The van der Waals surface area contributed by atoms with Gasteiger partial charge < -0.3 is 25.5 Å². The number of phenolic OH excluding ortho intramolecular Hbond substituents is 1. The highest BCUT2D eigenvalue weighted by molar-refractivity contribution is 7.93. The van der Waals surface area contributed by atoms with E-state index in [0.717, 1.165) is 24.8 Å². The van der Waals surface area contributed by atoms with Crippen LogP contribution in [0.4, 0.5) is 11.4 Å². The molecule has 0 amide bonds. The van der Waals surface area contributed by atoms with Gasteiger partial charge in [-0.2, -0.15) is 0 Å². The number of nitrogens with one attached hydrogen (secondary N) is 2. The van der Waals surface area contributed by atoms with Crippen molar-refractivity contribution in [1.29, 1.82) is 0 Å².